The lowest BCUT2D eigenvalue weighted by molar-refractivity contribution is -0.140. The fourth-order valence-corrected chi connectivity index (χ4v) is 4.92. The summed E-state index contributed by atoms with van der Waals surface area (Å²) in [5.74, 6) is 1.53. The second-order valence-corrected chi connectivity index (χ2v) is 8.63. The van der Waals surface area contributed by atoms with Crippen LogP contribution in [0.1, 0.15) is 34.7 Å². The maximum atomic E-state index is 13.5. The molecule has 2 fully saturated rings. The smallest absolute Gasteiger partial charge is 0.255 e. The highest BCUT2D eigenvalue weighted by molar-refractivity contribution is 5.97. The lowest BCUT2D eigenvalue weighted by atomic mass is 9.88. The zero-order valence-electron chi connectivity index (χ0n) is 19.9. The van der Waals surface area contributed by atoms with E-state index in [0.717, 1.165) is 11.3 Å². The molecule has 2 aromatic rings. The highest BCUT2D eigenvalue weighted by Crippen LogP contribution is 2.41. The highest BCUT2D eigenvalue weighted by Gasteiger charge is 2.42. The number of ether oxygens (including phenoxy) is 4. The molecule has 1 aliphatic heterocycles. The predicted molar refractivity (Wildman–Crippen MR) is 127 cm³/mol. The van der Waals surface area contributed by atoms with Crippen LogP contribution in [-0.4, -0.2) is 70.4 Å². The number of benzene rings is 2. The summed E-state index contributed by atoms with van der Waals surface area (Å²) in [6, 6.07) is 12.8. The Hall–Kier alpha value is -3.26. The van der Waals surface area contributed by atoms with Gasteiger partial charge in [0.1, 0.15) is 17.2 Å². The minimum Gasteiger partial charge on any atom is -0.497 e. The maximum absolute atomic E-state index is 13.5. The Labute approximate surface area is 200 Å². The summed E-state index contributed by atoms with van der Waals surface area (Å²) >= 11 is 0. The molecule has 2 aliphatic rings. The van der Waals surface area contributed by atoms with Crippen molar-refractivity contribution >= 4 is 11.8 Å². The first-order valence-electron chi connectivity index (χ1n) is 11.6. The summed E-state index contributed by atoms with van der Waals surface area (Å²) in [5.41, 5.74) is 1.51. The summed E-state index contributed by atoms with van der Waals surface area (Å²) < 4.78 is 21.4. The van der Waals surface area contributed by atoms with Gasteiger partial charge in [0.15, 0.2) is 0 Å². The lowest BCUT2D eigenvalue weighted by Gasteiger charge is -2.31. The van der Waals surface area contributed by atoms with Gasteiger partial charge in [-0.2, -0.15) is 0 Å². The fraction of sp³-hybridized carbons (Fsp3) is 0.462. The van der Waals surface area contributed by atoms with Crippen LogP contribution in [0.3, 0.4) is 0 Å². The summed E-state index contributed by atoms with van der Waals surface area (Å²) in [5, 5.41) is 3.14. The molecular weight excluding hydrogens is 436 g/mol. The summed E-state index contributed by atoms with van der Waals surface area (Å²) in [4.78, 5) is 28.5. The topological polar surface area (TPSA) is 86.3 Å². The number of nitrogens with one attached hydrogen (secondary N) is 1. The van der Waals surface area contributed by atoms with Crippen LogP contribution in [0.15, 0.2) is 42.5 Å². The van der Waals surface area contributed by atoms with Crippen molar-refractivity contribution in [1.82, 2.24) is 10.2 Å². The van der Waals surface area contributed by atoms with Gasteiger partial charge in [0.2, 0.25) is 5.91 Å². The normalized spacial score (nSPS) is 22.2. The summed E-state index contributed by atoms with van der Waals surface area (Å²) in [7, 11) is 4.73. The zero-order chi connectivity index (χ0) is 24.1. The Bertz CT molecular complexity index is 1000. The van der Waals surface area contributed by atoms with Crippen molar-refractivity contribution in [2.75, 3.05) is 47.6 Å². The second-order valence-electron chi connectivity index (χ2n) is 8.63. The number of hydrogen-bond donors (Lipinski definition) is 1. The molecule has 3 atom stereocenters. The highest BCUT2D eigenvalue weighted by atomic mass is 16.5. The minimum atomic E-state index is -0.225. The van der Waals surface area contributed by atoms with Crippen molar-refractivity contribution < 1.29 is 28.5 Å². The first-order chi connectivity index (χ1) is 16.5. The average Bonchev–Trinajstić information content (AvgIpc) is 3.31. The molecule has 0 spiro atoms. The van der Waals surface area contributed by atoms with Gasteiger partial charge in [-0.1, -0.05) is 12.1 Å². The number of methoxy groups -OCH3 is 3. The van der Waals surface area contributed by atoms with E-state index in [4.69, 9.17) is 18.9 Å². The van der Waals surface area contributed by atoms with Crippen LogP contribution in [0.4, 0.5) is 0 Å². The van der Waals surface area contributed by atoms with E-state index in [1.165, 1.54) is 7.11 Å². The van der Waals surface area contributed by atoms with E-state index in [0.29, 0.717) is 56.2 Å². The van der Waals surface area contributed by atoms with E-state index in [2.05, 4.69) is 5.32 Å². The van der Waals surface area contributed by atoms with Gasteiger partial charge in [0.05, 0.1) is 40.1 Å². The number of rotatable bonds is 7. The van der Waals surface area contributed by atoms with Crippen LogP contribution in [0, 0.1) is 5.92 Å². The van der Waals surface area contributed by atoms with Crippen molar-refractivity contribution in [3.63, 3.8) is 0 Å². The van der Waals surface area contributed by atoms with Gasteiger partial charge >= 0.3 is 0 Å². The molecule has 2 aromatic carbocycles. The Kier molecular flexibility index (Phi) is 7.57. The van der Waals surface area contributed by atoms with Crippen LogP contribution in [0.5, 0.6) is 17.2 Å². The van der Waals surface area contributed by atoms with Crippen molar-refractivity contribution in [3.05, 3.63) is 53.6 Å². The lowest BCUT2D eigenvalue weighted by Crippen LogP contribution is -2.44. The molecule has 2 amide bonds. The number of carbonyl (C=O) groups excluding carboxylic acids is 2. The summed E-state index contributed by atoms with van der Waals surface area (Å²) in [6.45, 7) is 2.32. The number of carbonyl (C=O) groups is 2. The molecule has 1 heterocycles. The largest absolute Gasteiger partial charge is 0.497 e. The molecular formula is C26H32N2O6. The first-order valence-corrected chi connectivity index (χ1v) is 11.6. The van der Waals surface area contributed by atoms with E-state index in [1.54, 1.807) is 32.4 Å². The van der Waals surface area contributed by atoms with Crippen LogP contribution < -0.4 is 19.5 Å². The van der Waals surface area contributed by atoms with Gasteiger partial charge in [-0.25, -0.2) is 0 Å². The third kappa shape index (κ3) is 5.12. The van der Waals surface area contributed by atoms with Crippen LogP contribution in [0.2, 0.25) is 0 Å². The van der Waals surface area contributed by atoms with Gasteiger partial charge in [-0.3, -0.25) is 9.59 Å². The third-order valence-corrected chi connectivity index (χ3v) is 6.74. The van der Waals surface area contributed by atoms with E-state index in [9.17, 15) is 9.59 Å². The number of amides is 2. The molecule has 34 heavy (non-hydrogen) atoms. The molecule has 4 rings (SSSR count). The number of nitrogens with zero attached hydrogens (tertiary/aromatic N) is 1. The molecule has 1 saturated carbocycles. The third-order valence-electron chi connectivity index (χ3n) is 6.74. The molecule has 1 saturated heterocycles. The fourth-order valence-electron chi connectivity index (χ4n) is 4.92. The van der Waals surface area contributed by atoms with Crippen LogP contribution in [0.25, 0.3) is 0 Å². The van der Waals surface area contributed by atoms with E-state index >= 15 is 0 Å². The van der Waals surface area contributed by atoms with Crippen molar-refractivity contribution in [3.8, 4) is 17.2 Å². The van der Waals surface area contributed by atoms with E-state index < -0.39 is 0 Å². The Morgan fingerprint density at radius 1 is 0.912 bits per heavy atom. The predicted octanol–water partition coefficient (Wildman–Crippen LogP) is 2.86. The van der Waals surface area contributed by atoms with Gasteiger partial charge in [-0.05, 0) is 48.6 Å². The monoisotopic (exact) mass is 468 g/mol. The molecule has 182 valence electrons. The maximum Gasteiger partial charge on any atom is 0.255 e. The SMILES string of the molecule is COc1ccc([C@H]2C[C@H](NC(=O)c3ccc(OC)cc3OC)C[C@@H]2C(=O)N2CCOCC2)cc1. The second kappa shape index (κ2) is 10.8. The number of morpholine rings is 1. The first kappa shape index (κ1) is 23.9. The number of hydrogen-bond acceptors (Lipinski definition) is 6. The Morgan fingerprint density at radius 3 is 2.24 bits per heavy atom. The molecule has 8 heteroatoms. The van der Waals surface area contributed by atoms with Gasteiger partial charge in [0, 0.05) is 31.1 Å². The van der Waals surface area contributed by atoms with Crippen LogP contribution >= 0.6 is 0 Å². The minimum absolute atomic E-state index is 0.00399. The quantitative estimate of drug-likeness (QED) is 0.673. The molecule has 0 radical (unpaired) electrons. The average molecular weight is 469 g/mol. The van der Waals surface area contributed by atoms with Crippen molar-refractivity contribution in [2.24, 2.45) is 5.92 Å². The molecule has 0 aromatic heterocycles. The zero-order valence-corrected chi connectivity index (χ0v) is 19.9. The standard InChI is InChI=1S/C26H32N2O6/c1-31-19-6-4-17(5-7-19)22-14-18(15-23(22)26(30)28-10-12-34-13-11-28)27-25(29)21-9-8-20(32-2)16-24(21)33-3/h4-9,16,18,22-23H,10-15H2,1-3H3,(H,27,29)/t18-,22+,23-/m0/s1. The molecule has 1 N–H and O–H groups in total. The Balaban J connectivity index is 1.54. The van der Waals surface area contributed by atoms with E-state index in [-0.39, 0.29) is 29.7 Å². The van der Waals surface area contributed by atoms with Crippen LogP contribution in [-0.2, 0) is 9.53 Å². The van der Waals surface area contributed by atoms with Crippen molar-refractivity contribution in [1.29, 1.82) is 0 Å². The van der Waals surface area contributed by atoms with Gasteiger partial charge < -0.3 is 29.2 Å². The van der Waals surface area contributed by atoms with Gasteiger partial charge in [0.25, 0.3) is 5.91 Å². The Morgan fingerprint density at radius 2 is 1.59 bits per heavy atom. The summed E-state index contributed by atoms with van der Waals surface area (Å²) in [6.07, 6.45) is 1.26. The molecule has 1 aliphatic carbocycles. The van der Waals surface area contributed by atoms with Crippen molar-refractivity contribution in [2.45, 2.75) is 24.8 Å². The molecule has 0 unspecified atom stereocenters. The van der Waals surface area contributed by atoms with Gasteiger partial charge in [-0.15, -0.1) is 0 Å². The van der Waals surface area contributed by atoms with E-state index in [1.807, 2.05) is 29.2 Å². The molecule has 0 bridgehead atoms. The molecule has 8 nitrogen and oxygen atoms in total.